The molecule has 7 nitrogen and oxygen atoms in total. The van der Waals surface area contributed by atoms with Gasteiger partial charge in [-0.1, -0.05) is 6.92 Å². The highest BCUT2D eigenvalue weighted by molar-refractivity contribution is 7.99. The van der Waals surface area contributed by atoms with Gasteiger partial charge >= 0.3 is 13.6 Å². The second kappa shape index (κ2) is 7.45. The Morgan fingerprint density at radius 3 is 2.45 bits per heavy atom. The van der Waals surface area contributed by atoms with Gasteiger partial charge in [0.2, 0.25) is 5.91 Å². The molecule has 1 aliphatic heterocycles. The number of hydrogen-bond donors (Lipinski definition) is 0. The van der Waals surface area contributed by atoms with Crippen LogP contribution in [-0.2, 0) is 27.9 Å². The van der Waals surface area contributed by atoms with Gasteiger partial charge in [-0.3, -0.25) is 9.36 Å². The van der Waals surface area contributed by atoms with E-state index in [1.807, 2.05) is 0 Å². The summed E-state index contributed by atoms with van der Waals surface area (Å²) >= 11 is 1.48. The third-order valence-corrected chi connectivity index (χ3v) is 6.23. The van der Waals surface area contributed by atoms with E-state index >= 15 is 0 Å². The normalized spacial score (nSPS) is 20.8. The molecule has 0 aliphatic carbocycles. The molecule has 1 amide bonds. The number of nitrogens with zero attached hydrogens (tertiary/aromatic N) is 1. The minimum Gasteiger partial charge on any atom is -0.467 e. The number of thioether (sulfide) groups is 1. The van der Waals surface area contributed by atoms with Crippen molar-refractivity contribution in [3.05, 3.63) is 0 Å². The van der Waals surface area contributed by atoms with Gasteiger partial charge in [0.25, 0.3) is 0 Å². The molecule has 1 fully saturated rings. The van der Waals surface area contributed by atoms with E-state index in [0.717, 1.165) is 0 Å². The van der Waals surface area contributed by atoms with E-state index in [-0.39, 0.29) is 12.1 Å². The van der Waals surface area contributed by atoms with Crippen molar-refractivity contribution in [2.24, 2.45) is 5.92 Å². The van der Waals surface area contributed by atoms with Crippen LogP contribution in [0.3, 0.4) is 0 Å². The molecular weight excluding hydrogens is 305 g/mol. The molecule has 0 aromatic rings. The van der Waals surface area contributed by atoms with Gasteiger partial charge in [-0.05, 0) is 0 Å². The lowest BCUT2D eigenvalue weighted by molar-refractivity contribution is -0.151. The highest BCUT2D eigenvalue weighted by Gasteiger charge is 2.39. The van der Waals surface area contributed by atoms with Crippen LogP contribution >= 0.6 is 19.4 Å². The quantitative estimate of drug-likeness (QED) is 0.536. The molecular formula is C11H20NO6PS. The Hall–Kier alpha value is -0.560. The van der Waals surface area contributed by atoms with Crippen LogP contribution in [0.4, 0.5) is 0 Å². The maximum Gasteiger partial charge on any atom is 0.330 e. The second-order valence-electron chi connectivity index (χ2n) is 4.41. The van der Waals surface area contributed by atoms with Crippen LogP contribution in [0.1, 0.15) is 6.92 Å². The molecule has 2 atom stereocenters. The Labute approximate surface area is 122 Å². The number of ether oxygens (including phenoxy) is 1. The van der Waals surface area contributed by atoms with Gasteiger partial charge in [-0.25, -0.2) is 4.79 Å². The van der Waals surface area contributed by atoms with Crippen molar-refractivity contribution in [1.82, 2.24) is 4.90 Å². The molecule has 0 aromatic heterocycles. The lowest BCUT2D eigenvalue weighted by Crippen LogP contribution is -2.45. The Morgan fingerprint density at radius 2 is 1.95 bits per heavy atom. The largest absolute Gasteiger partial charge is 0.467 e. The second-order valence-corrected chi connectivity index (χ2v) is 7.72. The predicted octanol–water partition coefficient (Wildman–Crippen LogP) is 1.18. The molecule has 1 rings (SSSR count). The number of rotatable bonds is 6. The number of carbonyl (C=O) groups excluding carboxylic acids is 2. The maximum atomic E-state index is 12.4. The van der Waals surface area contributed by atoms with Gasteiger partial charge in [0.15, 0.2) is 0 Å². The molecule has 0 bridgehead atoms. The van der Waals surface area contributed by atoms with E-state index in [2.05, 4.69) is 4.74 Å². The summed E-state index contributed by atoms with van der Waals surface area (Å²) in [6.45, 7) is 1.64. The number of methoxy groups -OCH3 is 1. The van der Waals surface area contributed by atoms with Crippen LogP contribution in [0.2, 0.25) is 0 Å². The first-order valence-electron chi connectivity index (χ1n) is 6.05. The zero-order valence-corrected chi connectivity index (χ0v) is 13.7. The van der Waals surface area contributed by atoms with Crippen molar-refractivity contribution in [1.29, 1.82) is 0 Å². The van der Waals surface area contributed by atoms with Crippen LogP contribution in [0.25, 0.3) is 0 Å². The summed E-state index contributed by atoms with van der Waals surface area (Å²) in [5.41, 5.74) is 0. The fourth-order valence-corrected chi connectivity index (χ4v) is 4.33. The average molecular weight is 325 g/mol. The fraction of sp³-hybridized carbons (Fsp3) is 0.818. The third-order valence-electron chi connectivity index (χ3n) is 3.11. The first-order valence-corrected chi connectivity index (χ1v) is 8.93. The summed E-state index contributed by atoms with van der Waals surface area (Å²) in [4.78, 5) is 25.4. The van der Waals surface area contributed by atoms with E-state index in [4.69, 9.17) is 9.05 Å². The topological polar surface area (TPSA) is 82.1 Å². The first-order chi connectivity index (χ1) is 9.38. The summed E-state index contributed by atoms with van der Waals surface area (Å²) < 4.78 is 26.4. The Kier molecular flexibility index (Phi) is 6.51. The van der Waals surface area contributed by atoms with Crippen molar-refractivity contribution < 1.29 is 27.9 Å². The summed E-state index contributed by atoms with van der Waals surface area (Å²) in [6.07, 6.45) is -0.0199. The Bertz CT molecular complexity index is 410. The van der Waals surface area contributed by atoms with E-state index < -0.39 is 25.5 Å². The lowest BCUT2D eigenvalue weighted by Gasteiger charge is -2.26. The molecule has 116 valence electrons. The minimum atomic E-state index is -3.25. The van der Waals surface area contributed by atoms with Gasteiger partial charge in [-0.15, -0.1) is 11.8 Å². The smallest absolute Gasteiger partial charge is 0.330 e. The van der Waals surface area contributed by atoms with Crippen molar-refractivity contribution in [3.8, 4) is 0 Å². The van der Waals surface area contributed by atoms with E-state index in [9.17, 15) is 14.2 Å². The van der Waals surface area contributed by atoms with Gasteiger partial charge in [0.1, 0.15) is 6.04 Å². The van der Waals surface area contributed by atoms with Gasteiger partial charge in [-0.2, -0.15) is 0 Å². The van der Waals surface area contributed by atoms with Crippen molar-refractivity contribution in [2.45, 2.75) is 13.0 Å². The van der Waals surface area contributed by atoms with Crippen molar-refractivity contribution >= 4 is 31.2 Å². The van der Waals surface area contributed by atoms with Crippen LogP contribution in [0, 0.1) is 5.92 Å². The third kappa shape index (κ3) is 3.97. The molecule has 0 saturated carbocycles. The zero-order valence-electron chi connectivity index (χ0n) is 12.0. The average Bonchev–Trinajstić information content (AvgIpc) is 2.94. The van der Waals surface area contributed by atoms with Gasteiger partial charge < -0.3 is 18.7 Å². The fourth-order valence-electron chi connectivity index (χ4n) is 1.91. The van der Waals surface area contributed by atoms with Crippen molar-refractivity contribution in [3.63, 3.8) is 0 Å². The van der Waals surface area contributed by atoms with E-state index in [0.29, 0.717) is 11.6 Å². The number of amides is 1. The SMILES string of the molecule is COC(=O)C1CSCN1C(=O)C(C)CP(=O)(OC)OC. The van der Waals surface area contributed by atoms with Crippen LogP contribution < -0.4 is 0 Å². The molecule has 0 N–H and O–H groups in total. The first kappa shape index (κ1) is 17.5. The zero-order chi connectivity index (χ0) is 15.3. The van der Waals surface area contributed by atoms with Gasteiger partial charge in [0.05, 0.1) is 19.1 Å². The van der Waals surface area contributed by atoms with Crippen LogP contribution in [0.5, 0.6) is 0 Å². The summed E-state index contributed by atoms with van der Waals surface area (Å²) in [7, 11) is 0.605. The standard InChI is InChI=1S/C11H20NO6PS/c1-8(5-19(15,17-3)18-4)10(13)12-7-20-6-9(12)11(14)16-2/h8-9H,5-7H2,1-4H3. The highest BCUT2D eigenvalue weighted by atomic mass is 32.2. The predicted molar refractivity (Wildman–Crippen MR) is 75.6 cm³/mol. The monoisotopic (exact) mass is 325 g/mol. The number of carbonyl (C=O) groups is 2. The van der Waals surface area contributed by atoms with E-state index in [1.54, 1.807) is 6.92 Å². The van der Waals surface area contributed by atoms with E-state index in [1.165, 1.54) is 38.0 Å². The molecule has 1 heterocycles. The number of hydrogen-bond acceptors (Lipinski definition) is 7. The minimum absolute atomic E-state index is 0.0199. The molecule has 0 radical (unpaired) electrons. The van der Waals surface area contributed by atoms with Crippen LogP contribution in [0.15, 0.2) is 0 Å². The van der Waals surface area contributed by atoms with Crippen molar-refractivity contribution in [2.75, 3.05) is 39.1 Å². The summed E-state index contributed by atoms with van der Waals surface area (Å²) in [6, 6.07) is -0.579. The summed E-state index contributed by atoms with van der Waals surface area (Å²) in [5.74, 6) is -0.312. The Balaban J connectivity index is 2.73. The maximum absolute atomic E-state index is 12.4. The molecule has 20 heavy (non-hydrogen) atoms. The molecule has 9 heteroatoms. The van der Waals surface area contributed by atoms with Crippen LogP contribution in [-0.4, -0.2) is 61.9 Å². The molecule has 1 aliphatic rings. The lowest BCUT2D eigenvalue weighted by atomic mass is 10.1. The summed E-state index contributed by atoms with van der Waals surface area (Å²) in [5, 5.41) is 0. The molecule has 0 aromatic carbocycles. The number of esters is 1. The molecule has 2 unspecified atom stereocenters. The molecule has 1 saturated heterocycles. The highest BCUT2D eigenvalue weighted by Crippen LogP contribution is 2.48. The Morgan fingerprint density at radius 1 is 1.35 bits per heavy atom. The van der Waals surface area contributed by atoms with Gasteiger partial charge in [0, 0.05) is 25.9 Å². The molecule has 0 spiro atoms.